The summed E-state index contributed by atoms with van der Waals surface area (Å²) in [6.07, 6.45) is -3.28. The molecule has 216 valence electrons. The van der Waals surface area contributed by atoms with E-state index in [1.165, 1.54) is 41.2 Å². The summed E-state index contributed by atoms with van der Waals surface area (Å²) in [5.41, 5.74) is -0.123. The Hall–Kier alpha value is -5.06. The van der Waals surface area contributed by atoms with Gasteiger partial charge in [-0.3, -0.25) is 14.5 Å². The Morgan fingerprint density at radius 3 is 2.38 bits per heavy atom. The van der Waals surface area contributed by atoms with Gasteiger partial charge in [0.2, 0.25) is 0 Å². The fraction of sp³-hybridized carbons (Fsp3) is 0.194. The Morgan fingerprint density at radius 1 is 1.07 bits per heavy atom. The van der Waals surface area contributed by atoms with Crippen molar-refractivity contribution in [1.29, 1.82) is 0 Å². The number of hydrogen-bond acceptors (Lipinski definition) is 4. The van der Waals surface area contributed by atoms with Gasteiger partial charge >= 0.3 is 12.2 Å². The molecule has 3 aromatic rings. The van der Waals surface area contributed by atoms with Crippen LogP contribution in [0.5, 0.6) is 5.75 Å². The van der Waals surface area contributed by atoms with Crippen molar-refractivity contribution in [1.82, 2.24) is 15.1 Å². The predicted molar refractivity (Wildman–Crippen MR) is 149 cm³/mol. The van der Waals surface area contributed by atoms with Crippen LogP contribution in [0.25, 0.3) is 0 Å². The summed E-state index contributed by atoms with van der Waals surface area (Å²) >= 11 is 0. The van der Waals surface area contributed by atoms with Gasteiger partial charge in [-0.15, -0.1) is 6.58 Å². The molecule has 5 rings (SSSR count). The van der Waals surface area contributed by atoms with Gasteiger partial charge in [-0.1, -0.05) is 54.6 Å². The molecule has 2 aliphatic heterocycles. The van der Waals surface area contributed by atoms with Crippen LogP contribution in [0.15, 0.2) is 103 Å². The molecule has 2 unspecified atom stereocenters. The highest BCUT2D eigenvalue weighted by Gasteiger charge is 2.49. The smallest absolute Gasteiger partial charge is 0.416 e. The molecule has 0 radical (unpaired) electrons. The van der Waals surface area contributed by atoms with Crippen molar-refractivity contribution < 1.29 is 32.3 Å². The highest BCUT2D eigenvalue weighted by Crippen LogP contribution is 2.43. The third-order valence-corrected chi connectivity index (χ3v) is 7.17. The van der Waals surface area contributed by atoms with Crippen molar-refractivity contribution in [2.75, 3.05) is 25.5 Å². The Balaban J connectivity index is 1.57. The van der Waals surface area contributed by atoms with Crippen LogP contribution >= 0.6 is 0 Å². The molecule has 2 heterocycles. The zero-order valence-electron chi connectivity index (χ0n) is 22.5. The third kappa shape index (κ3) is 5.32. The highest BCUT2D eigenvalue weighted by atomic mass is 19.4. The van der Waals surface area contributed by atoms with Crippen molar-refractivity contribution in [3.8, 4) is 5.75 Å². The Kier molecular flexibility index (Phi) is 7.75. The van der Waals surface area contributed by atoms with Crippen LogP contribution in [0.3, 0.4) is 0 Å². The van der Waals surface area contributed by atoms with Gasteiger partial charge in [-0.05, 0) is 41.5 Å². The van der Waals surface area contributed by atoms with E-state index in [0.717, 1.165) is 6.07 Å². The lowest BCUT2D eigenvalue weighted by Gasteiger charge is -2.33. The lowest BCUT2D eigenvalue weighted by atomic mass is 9.91. The first kappa shape index (κ1) is 28.5. The number of hydrogen-bond donors (Lipinski definition) is 2. The number of carbonyl (C=O) groups excluding carboxylic acids is 3. The molecule has 0 aliphatic carbocycles. The maximum absolute atomic E-state index is 14.2. The van der Waals surface area contributed by atoms with Crippen LogP contribution in [0.2, 0.25) is 0 Å². The van der Waals surface area contributed by atoms with Gasteiger partial charge in [0.25, 0.3) is 11.8 Å². The molecule has 2 N–H and O–H groups in total. The third-order valence-electron chi connectivity index (χ3n) is 7.17. The van der Waals surface area contributed by atoms with Crippen molar-refractivity contribution in [2.45, 2.75) is 18.3 Å². The summed E-state index contributed by atoms with van der Waals surface area (Å²) in [5.74, 6) is -0.620. The van der Waals surface area contributed by atoms with E-state index < -0.39 is 41.7 Å². The van der Waals surface area contributed by atoms with Crippen LogP contribution in [0.1, 0.15) is 28.8 Å². The molecular formula is C31H27F3N4O4. The lowest BCUT2D eigenvalue weighted by Crippen LogP contribution is -2.47. The van der Waals surface area contributed by atoms with Gasteiger partial charge in [0, 0.05) is 12.2 Å². The molecule has 3 aromatic carbocycles. The number of alkyl halides is 3. The summed E-state index contributed by atoms with van der Waals surface area (Å²) < 4.78 is 47.2. The number of halogens is 3. The summed E-state index contributed by atoms with van der Waals surface area (Å²) in [6.45, 7) is 3.49. The lowest BCUT2D eigenvalue weighted by molar-refractivity contribution is -0.138. The van der Waals surface area contributed by atoms with E-state index >= 15 is 0 Å². The Morgan fingerprint density at radius 2 is 1.74 bits per heavy atom. The van der Waals surface area contributed by atoms with Gasteiger partial charge in [0.1, 0.15) is 11.8 Å². The number of anilines is 1. The van der Waals surface area contributed by atoms with E-state index in [9.17, 15) is 27.6 Å². The first-order chi connectivity index (χ1) is 20.1. The molecule has 0 saturated carbocycles. The number of methoxy groups -OCH3 is 1. The minimum Gasteiger partial charge on any atom is -0.497 e. The fourth-order valence-electron chi connectivity index (χ4n) is 5.28. The molecule has 0 saturated heterocycles. The Labute approximate surface area is 240 Å². The second kappa shape index (κ2) is 11.4. The largest absolute Gasteiger partial charge is 0.497 e. The van der Waals surface area contributed by atoms with Gasteiger partial charge in [-0.2, -0.15) is 13.2 Å². The average molecular weight is 577 g/mol. The van der Waals surface area contributed by atoms with Gasteiger partial charge in [0.15, 0.2) is 0 Å². The fourth-order valence-corrected chi connectivity index (χ4v) is 5.28. The van der Waals surface area contributed by atoms with Crippen molar-refractivity contribution >= 4 is 23.5 Å². The van der Waals surface area contributed by atoms with E-state index in [2.05, 4.69) is 17.2 Å². The standard InChI is InChI=1S/C31H27F3N4O4/c1-3-17-37-24-18-38(27(19-9-5-4-6-10-19)28(39)35-20-13-15-21(42-2)16-14-20)29(40)25(24)26(36-30(37)41)22-11-7-8-12-23(22)31(32,33)34/h3-16,26-27H,1,17-18H2,2H3,(H,35,39)(H,36,41). The molecule has 2 atom stereocenters. The monoisotopic (exact) mass is 576 g/mol. The summed E-state index contributed by atoms with van der Waals surface area (Å²) in [4.78, 5) is 43.7. The number of amides is 4. The summed E-state index contributed by atoms with van der Waals surface area (Å²) in [5, 5.41) is 5.40. The number of rotatable bonds is 8. The number of ether oxygens (including phenoxy) is 1. The van der Waals surface area contributed by atoms with E-state index in [1.54, 1.807) is 54.6 Å². The van der Waals surface area contributed by atoms with E-state index in [1.807, 2.05) is 0 Å². The van der Waals surface area contributed by atoms with Crippen LogP contribution in [-0.2, 0) is 15.8 Å². The molecule has 11 heteroatoms. The highest BCUT2D eigenvalue weighted by molar-refractivity contribution is 6.05. The minimum atomic E-state index is -4.73. The van der Waals surface area contributed by atoms with Gasteiger partial charge < -0.3 is 20.3 Å². The molecule has 0 aromatic heterocycles. The van der Waals surface area contributed by atoms with Crippen molar-refractivity contribution in [3.05, 3.63) is 119 Å². The summed E-state index contributed by atoms with van der Waals surface area (Å²) in [6, 6.07) is 16.8. The van der Waals surface area contributed by atoms with Gasteiger partial charge in [0.05, 0.1) is 36.5 Å². The maximum Gasteiger partial charge on any atom is 0.416 e. The average Bonchev–Trinajstić information content (AvgIpc) is 3.31. The molecule has 2 aliphatic rings. The molecule has 0 bridgehead atoms. The number of nitrogens with zero attached hydrogens (tertiary/aromatic N) is 2. The Bertz CT molecular complexity index is 1550. The minimum absolute atomic E-state index is 0.00741. The molecule has 8 nitrogen and oxygen atoms in total. The van der Waals surface area contributed by atoms with Crippen LogP contribution < -0.4 is 15.4 Å². The summed E-state index contributed by atoms with van der Waals surface area (Å²) in [7, 11) is 1.52. The number of nitrogens with one attached hydrogen (secondary N) is 2. The molecule has 0 spiro atoms. The maximum atomic E-state index is 14.2. The molecular weight excluding hydrogens is 549 g/mol. The van der Waals surface area contributed by atoms with Crippen LogP contribution in [0, 0.1) is 0 Å². The van der Waals surface area contributed by atoms with Gasteiger partial charge in [-0.25, -0.2) is 4.79 Å². The second-order valence-corrected chi connectivity index (χ2v) is 9.69. The second-order valence-electron chi connectivity index (χ2n) is 9.69. The molecule has 4 amide bonds. The number of benzene rings is 3. The van der Waals surface area contributed by atoms with E-state index in [4.69, 9.17) is 4.74 Å². The topological polar surface area (TPSA) is 91.0 Å². The van der Waals surface area contributed by atoms with E-state index in [0.29, 0.717) is 17.0 Å². The number of urea groups is 1. The number of carbonyl (C=O) groups is 3. The first-order valence-electron chi connectivity index (χ1n) is 13.0. The quantitative estimate of drug-likeness (QED) is 0.350. The predicted octanol–water partition coefficient (Wildman–Crippen LogP) is 5.44. The van der Waals surface area contributed by atoms with Crippen LogP contribution in [0.4, 0.5) is 23.7 Å². The SMILES string of the molecule is C=CCN1C(=O)NC(c2ccccc2C(F)(F)F)C2=C1CN(C(C(=O)Nc1ccc(OC)cc1)c1ccccc1)C2=O. The van der Waals surface area contributed by atoms with Crippen molar-refractivity contribution in [3.63, 3.8) is 0 Å². The normalized spacial score (nSPS) is 17.5. The zero-order chi connectivity index (χ0) is 30.0. The zero-order valence-corrected chi connectivity index (χ0v) is 22.5. The molecule has 42 heavy (non-hydrogen) atoms. The van der Waals surface area contributed by atoms with Crippen molar-refractivity contribution in [2.24, 2.45) is 0 Å². The van der Waals surface area contributed by atoms with E-state index in [-0.39, 0.29) is 29.9 Å². The first-order valence-corrected chi connectivity index (χ1v) is 13.0. The molecule has 0 fully saturated rings. The van der Waals surface area contributed by atoms with Crippen LogP contribution in [-0.4, -0.2) is 47.8 Å².